The summed E-state index contributed by atoms with van der Waals surface area (Å²) in [5.74, 6) is 2.34. The molecule has 0 aromatic carbocycles. The van der Waals surface area contributed by atoms with Crippen molar-refractivity contribution in [2.75, 3.05) is 6.61 Å². The monoisotopic (exact) mass is 605 g/mol. The maximum absolute atomic E-state index is 14.3. The van der Waals surface area contributed by atoms with Gasteiger partial charge >= 0.3 is 0 Å². The predicted molar refractivity (Wildman–Crippen MR) is 165 cm³/mol. The summed E-state index contributed by atoms with van der Waals surface area (Å²) in [6.07, 6.45) is 12.3. The summed E-state index contributed by atoms with van der Waals surface area (Å²) in [6, 6.07) is 3.81. The number of pyridine rings is 1. The second-order valence-corrected chi connectivity index (χ2v) is 15.9. The third-order valence-electron chi connectivity index (χ3n) is 13.7. The highest BCUT2D eigenvalue weighted by Crippen LogP contribution is 2.70. The minimum atomic E-state index is -0.501. The van der Waals surface area contributed by atoms with E-state index in [4.69, 9.17) is 9.47 Å². The molecule has 4 saturated carbocycles. The van der Waals surface area contributed by atoms with E-state index in [0.29, 0.717) is 48.3 Å². The maximum atomic E-state index is 14.3. The van der Waals surface area contributed by atoms with Gasteiger partial charge in [-0.15, -0.1) is 0 Å². The number of rotatable bonds is 5. The van der Waals surface area contributed by atoms with Gasteiger partial charge in [0.05, 0.1) is 12.7 Å². The average Bonchev–Trinajstić information content (AvgIpc) is 3.45. The lowest BCUT2D eigenvalue weighted by atomic mass is 9.44. The smallest absolute Gasteiger partial charge is 0.229 e. The lowest BCUT2D eigenvalue weighted by Crippen LogP contribution is -2.59. The molecule has 1 aromatic rings. The van der Waals surface area contributed by atoms with Crippen LogP contribution in [-0.4, -0.2) is 47.1 Å². The highest BCUT2D eigenvalue weighted by molar-refractivity contribution is 5.97. The number of aromatic nitrogens is 1. The van der Waals surface area contributed by atoms with E-state index in [1.165, 1.54) is 0 Å². The van der Waals surface area contributed by atoms with Gasteiger partial charge in [-0.1, -0.05) is 33.8 Å². The van der Waals surface area contributed by atoms with Crippen molar-refractivity contribution in [2.24, 2.45) is 52.3 Å². The van der Waals surface area contributed by atoms with Gasteiger partial charge in [0, 0.05) is 55.1 Å². The van der Waals surface area contributed by atoms with Gasteiger partial charge in [0.15, 0.2) is 5.79 Å². The van der Waals surface area contributed by atoms with Crippen LogP contribution in [0.4, 0.5) is 0 Å². The normalized spacial score (nSPS) is 46.0. The molecule has 2 N–H and O–H groups in total. The Morgan fingerprint density at radius 1 is 1.05 bits per heavy atom. The van der Waals surface area contributed by atoms with Crippen molar-refractivity contribution in [3.8, 4) is 0 Å². The van der Waals surface area contributed by atoms with Gasteiger partial charge in [-0.05, 0) is 91.6 Å². The summed E-state index contributed by atoms with van der Waals surface area (Å²) < 4.78 is 13.3. The number of ether oxygens (including phenoxy) is 2. The summed E-state index contributed by atoms with van der Waals surface area (Å²) in [5, 5.41) is 6.00. The van der Waals surface area contributed by atoms with Gasteiger partial charge in [0.1, 0.15) is 12.2 Å². The molecule has 240 valence electrons. The van der Waals surface area contributed by atoms with Crippen LogP contribution in [0.3, 0.4) is 0 Å². The molecule has 2 amide bonds. The first-order valence-corrected chi connectivity index (χ1v) is 17.3. The molecular formula is C36H51N3O5. The molecule has 6 aliphatic rings. The molecule has 0 radical (unpaired) electrons. The second kappa shape index (κ2) is 11.2. The molecule has 3 heterocycles. The van der Waals surface area contributed by atoms with E-state index in [1.807, 2.05) is 12.1 Å². The first-order valence-electron chi connectivity index (χ1n) is 17.3. The van der Waals surface area contributed by atoms with Crippen molar-refractivity contribution in [3.05, 3.63) is 30.1 Å². The molecule has 2 saturated heterocycles. The van der Waals surface area contributed by atoms with Crippen LogP contribution in [0.5, 0.6) is 0 Å². The zero-order valence-corrected chi connectivity index (χ0v) is 27.0. The van der Waals surface area contributed by atoms with Gasteiger partial charge in [-0.3, -0.25) is 19.4 Å². The molecule has 6 fully saturated rings. The van der Waals surface area contributed by atoms with E-state index in [1.54, 1.807) is 12.4 Å². The standard InChI is InChI=1S/C36H51N3O5/c1-21-9-12-36(43-20-21)22(2)33-29(44-36)15-28-26-8-7-24-14-25(10-11-34(24,3)27(26)16-30(40)35(28,33)4)39-32(42)17-31(41)38-19-23-6-5-13-37-18-23/h5-6,13,18,21-22,24-29,33H,7-12,14-17,19-20H2,1-4H3,(H,38,41)(H,39,42)/t21-,22+,24+,25?,26-,27+,28+,29+,33+,34+,35-,36-/m1/s1. The molecule has 2 aliphatic heterocycles. The van der Waals surface area contributed by atoms with Crippen molar-refractivity contribution in [2.45, 2.75) is 116 Å². The number of hydrogen-bond acceptors (Lipinski definition) is 6. The van der Waals surface area contributed by atoms with Gasteiger partial charge in [-0.2, -0.15) is 0 Å². The van der Waals surface area contributed by atoms with E-state index in [2.05, 4.69) is 43.3 Å². The Labute approximate surface area is 262 Å². The highest BCUT2D eigenvalue weighted by atomic mass is 16.7. The Kier molecular flexibility index (Phi) is 7.71. The van der Waals surface area contributed by atoms with Crippen molar-refractivity contribution < 1.29 is 23.9 Å². The van der Waals surface area contributed by atoms with Gasteiger partial charge < -0.3 is 20.1 Å². The fourth-order valence-electron chi connectivity index (χ4n) is 11.3. The lowest BCUT2D eigenvalue weighted by molar-refractivity contribution is -0.272. The molecule has 12 atom stereocenters. The van der Waals surface area contributed by atoms with E-state index in [-0.39, 0.29) is 53.0 Å². The molecule has 7 rings (SSSR count). The molecule has 0 bridgehead atoms. The third kappa shape index (κ3) is 4.85. The number of fused-ring (bicyclic) bond motifs is 7. The minimum Gasteiger partial charge on any atom is -0.353 e. The number of carbonyl (C=O) groups excluding carboxylic acids is 3. The zero-order valence-electron chi connectivity index (χ0n) is 27.0. The molecule has 4 aliphatic carbocycles. The summed E-state index contributed by atoms with van der Waals surface area (Å²) in [7, 11) is 0. The fraction of sp³-hybridized carbons (Fsp3) is 0.778. The number of ketones is 1. The van der Waals surface area contributed by atoms with Crippen LogP contribution < -0.4 is 10.6 Å². The molecule has 1 aromatic heterocycles. The molecular weight excluding hydrogens is 554 g/mol. The molecule has 8 nitrogen and oxygen atoms in total. The van der Waals surface area contributed by atoms with E-state index in [9.17, 15) is 14.4 Å². The second-order valence-electron chi connectivity index (χ2n) is 15.9. The van der Waals surface area contributed by atoms with Crippen LogP contribution in [0, 0.1) is 52.3 Å². The minimum absolute atomic E-state index is 0.0855. The predicted octanol–water partition coefficient (Wildman–Crippen LogP) is 5.20. The van der Waals surface area contributed by atoms with E-state index < -0.39 is 5.79 Å². The summed E-state index contributed by atoms with van der Waals surface area (Å²) >= 11 is 0. The van der Waals surface area contributed by atoms with E-state index in [0.717, 1.165) is 63.5 Å². The average molecular weight is 606 g/mol. The Hall–Kier alpha value is -2.32. The van der Waals surface area contributed by atoms with Crippen LogP contribution in [0.25, 0.3) is 0 Å². The fourth-order valence-corrected chi connectivity index (χ4v) is 11.3. The molecule has 44 heavy (non-hydrogen) atoms. The number of nitrogens with one attached hydrogen (secondary N) is 2. The van der Waals surface area contributed by atoms with Crippen LogP contribution >= 0.6 is 0 Å². The first-order chi connectivity index (χ1) is 21.0. The topological polar surface area (TPSA) is 107 Å². The van der Waals surface area contributed by atoms with Crippen molar-refractivity contribution >= 4 is 17.6 Å². The van der Waals surface area contributed by atoms with Gasteiger partial charge in [0.25, 0.3) is 0 Å². The highest BCUT2D eigenvalue weighted by Gasteiger charge is 2.71. The number of amides is 2. The Morgan fingerprint density at radius 2 is 1.89 bits per heavy atom. The van der Waals surface area contributed by atoms with E-state index >= 15 is 0 Å². The molecule has 1 spiro atoms. The third-order valence-corrected chi connectivity index (χ3v) is 13.7. The maximum Gasteiger partial charge on any atom is 0.229 e. The quantitative estimate of drug-likeness (QED) is 0.447. The Bertz CT molecular complexity index is 1280. The Balaban J connectivity index is 0.977. The summed E-state index contributed by atoms with van der Waals surface area (Å²) in [5.41, 5.74) is 0.688. The van der Waals surface area contributed by atoms with Crippen LogP contribution in [-0.2, 0) is 30.4 Å². The lowest BCUT2D eigenvalue weighted by Gasteiger charge is -2.60. The number of Topliss-reactive ketones (excluding diaryl/α,β-unsaturated/α-hetero) is 1. The van der Waals surface area contributed by atoms with Gasteiger partial charge in [-0.25, -0.2) is 0 Å². The zero-order chi connectivity index (χ0) is 30.9. The van der Waals surface area contributed by atoms with Crippen molar-refractivity contribution in [3.63, 3.8) is 0 Å². The van der Waals surface area contributed by atoms with Crippen LogP contribution in [0.15, 0.2) is 24.5 Å². The van der Waals surface area contributed by atoms with Crippen molar-refractivity contribution in [1.29, 1.82) is 0 Å². The van der Waals surface area contributed by atoms with Crippen molar-refractivity contribution in [1.82, 2.24) is 15.6 Å². The Morgan fingerprint density at radius 3 is 2.64 bits per heavy atom. The summed E-state index contributed by atoms with van der Waals surface area (Å²) in [4.78, 5) is 43.6. The summed E-state index contributed by atoms with van der Waals surface area (Å²) in [6.45, 7) is 10.4. The van der Waals surface area contributed by atoms with Crippen LogP contribution in [0.2, 0.25) is 0 Å². The first kappa shape index (κ1) is 30.3. The molecule has 8 heteroatoms. The van der Waals surface area contributed by atoms with Gasteiger partial charge in [0.2, 0.25) is 11.8 Å². The largest absolute Gasteiger partial charge is 0.353 e. The number of nitrogens with zero attached hydrogens (tertiary/aromatic N) is 1. The van der Waals surface area contributed by atoms with Crippen LogP contribution in [0.1, 0.15) is 97.5 Å². The number of carbonyl (C=O) groups is 3. The number of hydrogen-bond donors (Lipinski definition) is 2. The SMILES string of the molecule is C[C@@H]1CC[C@@]2(OC1)O[C@H]1C[C@H]3[C@@H]4CC[C@H]5CC(NC(=O)CC(=O)NCc6cccnc6)CC[C@]5(C)[C@H]4CC(=O)[C@]3(C)[C@H]1[C@@H]2C. The molecule has 1 unspecified atom stereocenters.